The molecule has 0 spiro atoms. The molecule has 0 aliphatic carbocycles. The molecule has 7 heteroatoms. The standard InChI is InChI=1S/C16H17NO4S2/c1-4-21-12-8-6-5-7-11(12)9-13-14(18)17(16(22)23-13)10(2)15(19)20-3/h5-10H,4H2,1-3H3/b13-9-/t10-/m1/s1. The molecular formula is C16H17NO4S2. The van der Waals surface area contributed by atoms with Crippen LogP contribution in [0.25, 0.3) is 6.08 Å². The maximum absolute atomic E-state index is 12.6. The number of thiocarbonyl (C=S) groups is 1. The number of hydrogen-bond acceptors (Lipinski definition) is 6. The van der Waals surface area contributed by atoms with Crippen LogP contribution < -0.4 is 4.74 Å². The minimum absolute atomic E-state index is 0.302. The Morgan fingerprint density at radius 1 is 1.43 bits per heavy atom. The molecule has 0 unspecified atom stereocenters. The van der Waals surface area contributed by atoms with Crippen LogP contribution in [0, 0.1) is 0 Å². The highest BCUT2D eigenvalue weighted by atomic mass is 32.2. The third-order valence-electron chi connectivity index (χ3n) is 3.26. The van der Waals surface area contributed by atoms with Gasteiger partial charge in [0.2, 0.25) is 0 Å². The van der Waals surface area contributed by atoms with E-state index in [9.17, 15) is 9.59 Å². The number of carbonyl (C=O) groups excluding carboxylic acids is 2. The summed E-state index contributed by atoms with van der Waals surface area (Å²) in [5.41, 5.74) is 0.792. The predicted molar refractivity (Wildman–Crippen MR) is 94.1 cm³/mol. The van der Waals surface area contributed by atoms with Crippen molar-refractivity contribution in [3.8, 4) is 5.75 Å². The fraction of sp³-hybridized carbons (Fsp3) is 0.312. The normalized spacial score (nSPS) is 17.5. The molecule has 0 aromatic heterocycles. The number of thioether (sulfide) groups is 1. The Hall–Kier alpha value is -1.86. The number of nitrogens with zero attached hydrogens (tertiary/aromatic N) is 1. The highest BCUT2D eigenvalue weighted by Gasteiger charge is 2.38. The highest BCUT2D eigenvalue weighted by molar-refractivity contribution is 8.26. The Labute approximate surface area is 144 Å². The average Bonchev–Trinajstić information content (AvgIpc) is 2.82. The second-order valence-electron chi connectivity index (χ2n) is 4.72. The fourth-order valence-electron chi connectivity index (χ4n) is 2.12. The third-order valence-corrected chi connectivity index (χ3v) is 4.59. The molecule has 1 atom stereocenters. The van der Waals surface area contributed by atoms with Gasteiger partial charge in [-0.15, -0.1) is 0 Å². The fourth-order valence-corrected chi connectivity index (χ4v) is 3.53. The van der Waals surface area contributed by atoms with E-state index in [2.05, 4.69) is 4.74 Å². The minimum atomic E-state index is -0.750. The first-order valence-corrected chi connectivity index (χ1v) is 8.28. The van der Waals surface area contributed by atoms with Crippen molar-refractivity contribution < 1.29 is 19.1 Å². The number of rotatable bonds is 5. The molecule has 1 aliphatic rings. The van der Waals surface area contributed by atoms with Gasteiger partial charge in [-0.25, -0.2) is 4.79 Å². The molecule has 122 valence electrons. The molecule has 1 aromatic carbocycles. The van der Waals surface area contributed by atoms with Crippen LogP contribution in [0.2, 0.25) is 0 Å². The van der Waals surface area contributed by atoms with Crippen molar-refractivity contribution in [2.45, 2.75) is 19.9 Å². The van der Waals surface area contributed by atoms with E-state index in [-0.39, 0.29) is 5.91 Å². The summed E-state index contributed by atoms with van der Waals surface area (Å²) in [7, 11) is 1.28. The molecule has 0 saturated carbocycles. The smallest absolute Gasteiger partial charge is 0.328 e. The number of benzene rings is 1. The van der Waals surface area contributed by atoms with Crippen molar-refractivity contribution in [2.24, 2.45) is 0 Å². The van der Waals surface area contributed by atoms with E-state index in [1.54, 1.807) is 13.0 Å². The van der Waals surface area contributed by atoms with Gasteiger partial charge in [0.05, 0.1) is 18.6 Å². The number of methoxy groups -OCH3 is 1. The number of carbonyl (C=O) groups is 2. The van der Waals surface area contributed by atoms with Crippen molar-refractivity contribution in [3.63, 3.8) is 0 Å². The van der Waals surface area contributed by atoms with Crippen molar-refractivity contribution >= 4 is 46.3 Å². The first kappa shape index (κ1) is 17.5. The zero-order valence-electron chi connectivity index (χ0n) is 13.1. The molecule has 1 heterocycles. The van der Waals surface area contributed by atoms with Gasteiger partial charge in [0.1, 0.15) is 16.1 Å². The van der Waals surface area contributed by atoms with Crippen LogP contribution in [0.3, 0.4) is 0 Å². The Kier molecular flexibility index (Phi) is 5.79. The molecule has 1 aliphatic heterocycles. The van der Waals surface area contributed by atoms with Crippen molar-refractivity contribution in [1.29, 1.82) is 0 Å². The topological polar surface area (TPSA) is 55.8 Å². The molecule has 23 heavy (non-hydrogen) atoms. The van der Waals surface area contributed by atoms with Crippen molar-refractivity contribution in [1.82, 2.24) is 4.90 Å². The van der Waals surface area contributed by atoms with Gasteiger partial charge in [-0.3, -0.25) is 9.69 Å². The van der Waals surface area contributed by atoms with Gasteiger partial charge in [0, 0.05) is 5.56 Å². The van der Waals surface area contributed by atoms with Gasteiger partial charge in [-0.05, 0) is 26.0 Å². The van der Waals surface area contributed by atoms with Crippen molar-refractivity contribution in [2.75, 3.05) is 13.7 Å². The van der Waals surface area contributed by atoms with E-state index < -0.39 is 12.0 Å². The number of amides is 1. The monoisotopic (exact) mass is 351 g/mol. The first-order chi connectivity index (χ1) is 11.0. The molecule has 1 amide bonds. The van der Waals surface area contributed by atoms with Crippen LogP contribution in [-0.4, -0.2) is 40.9 Å². The van der Waals surface area contributed by atoms with Gasteiger partial charge in [0.15, 0.2) is 0 Å². The maximum Gasteiger partial charge on any atom is 0.328 e. The predicted octanol–water partition coefficient (Wildman–Crippen LogP) is 2.85. The Morgan fingerprint density at radius 2 is 2.13 bits per heavy atom. The zero-order chi connectivity index (χ0) is 17.0. The SMILES string of the molecule is CCOc1ccccc1/C=C1\SC(=S)N([C@H](C)C(=O)OC)C1=O. The van der Waals surface area contributed by atoms with Crippen LogP contribution in [0.4, 0.5) is 0 Å². The molecule has 0 N–H and O–H groups in total. The van der Waals surface area contributed by atoms with Crippen LogP contribution in [-0.2, 0) is 14.3 Å². The van der Waals surface area contributed by atoms with Gasteiger partial charge in [0.25, 0.3) is 5.91 Å². The van der Waals surface area contributed by atoms with E-state index in [0.717, 1.165) is 5.56 Å². The minimum Gasteiger partial charge on any atom is -0.493 e. The summed E-state index contributed by atoms with van der Waals surface area (Å²) in [6.45, 7) is 4.02. The quantitative estimate of drug-likeness (QED) is 0.462. The molecule has 2 rings (SSSR count). The molecule has 0 bridgehead atoms. The summed E-state index contributed by atoms with van der Waals surface area (Å²) in [5.74, 6) is -0.109. The lowest BCUT2D eigenvalue weighted by Crippen LogP contribution is -2.42. The second kappa shape index (κ2) is 7.61. The highest BCUT2D eigenvalue weighted by Crippen LogP contribution is 2.35. The molecule has 5 nitrogen and oxygen atoms in total. The van der Waals surface area contributed by atoms with Crippen LogP contribution in [0.5, 0.6) is 5.75 Å². The average molecular weight is 351 g/mol. The van der Waals surface area contributed by atoms with Gasteiger partial charge >= 0.3 is 5.97 Å². The van der Waals surface area contributed by atoms with Gasteiger partial charge < -0.3 is 9.47 Å². The Bertz CT molecular complexity index is 672. The summed E-state index contributed by atoms with van der Waals surface area (Å²) >= 11 is 6.39. The van der Waals surface area contributed by atoms with Crippen molar-refractivity contribution in [3.05, 3.63) is 34.7 Å². The summed E-state index contributed by atoms with van der Waals surface area (Å²) in [4.78, 5) is 26.0. The maximum atomic E-state index is 12.6. The number of esters is 1. The first-order valence-electron chi connectivity index (χ1n) is 7.06. The third kappa shape index (κ3) is 3.73. The molecule has 1 fully saturated rings. The zero-order valence-corrected chi connectivity index (χ0v) is 14.7. The van der Waals surface area contributed by atoms with E-state index in [0.29, 0.717) is 21.6 Å². The second-order valence-corrected chi connectivity index (χ2v) is 6.40. The largest absolute Gasteiger partial charge is 0.493 e. The summed E-state index contributed by atoms with van der Waals surface area (Å²) in [6.07, 6.45) is 1.73. The lowest BCUT2D eigenvalue weighted by atomic mass is 10.2. The number of hydrogen-bond donors (Lipinski definition) is 0. The van der Waals surface area contributed by atoms with E-state index in [1.807, 2.05) is 31.2 Å². The molecular weight excluding hydrogens is 334 g/mol. The van der Waals surface area contributed by atoms with E-state index in [1.165, 1.54) is 23.8 Å². The molecule has 1 aromatic rings. The number of ether oxygens (including phenoxy) is 2. The summed E-state index contributed by atoms with van der Waals surface area (Å²) in [6, 6.07) is 6.69. The van der Waals surface area contributed by atoms with Crippen LogP contribution >= 0.6 is 24.0 Å². The molecule has 0 radical (unpaired) electrons. The Balaban J connectivity index is 2.31. The van der Waals surface area contributed by atoms with Gasteiger partial charge in [-0.1, -0.05) is 42.2 Å². The van der Waals surface area contributed by atoms with E-state index >= 15 is 0 Å². The lowest BCUT2D eigenvalue weighted by Gasteiger charge is -2.20. The Morgan fingerprint density at radius 3 is 2.78 bits per heavy atom. The summed E-state index contributed by atoms with van der Waals surface area (Å²) in [5, 5.41) is 0. The van der Waals surface area contributed by atoms with Gasteiger partial charge in [-0.2, -0.15) is 0 Å². The van der Waals surface area contributed by atoms with Crippen LogP contribution in [0.1, 0.15) is 19.4 Å². The van der Waals surface area contributed by atoms with Crippen LogP contribution in [0.15, 0.2) is 29.2 Å². The lowest BCUT2D eigenvalue weighted by molar-refractivity contribution is -0.147. The number of para-hydroxylation sites is 1. The van der Waals surface area contributed by atoms with E-state index in [4.69, 9.17) is 17.0 Å². The summed E-state index contributed by atoms with van der Waals surface area (Å²) < 4.78 is 10.6. The molecule has 1 saturated heterocycles.